The molecule has 31 heavy (non-hydrogen) atoms. The summed E-state index contributed by atoms with van der Waals surface area (Å²) in [7, 11) is 0. The number of Topliss-reactive ketones (excluding diaryl/α,β-unsaturated/α-hetero) is 1. The van der Waals surface area contributed by atoms with E-state index in [9.17, 15) is 4.79 Å². The van der Waals surface area contributed by atoms with Gasteiger partial charge in [-0.15, -0.1) is 16.8 Å². The molecule has 0 aliphatic rings. The standard InChI is InChI=1S/C22H23N5O3S/c1-6-8-26-21(17-7-9-29-16(17)5)23-24-22(26)31-12-19(28)18-10-13(2)27(15(18)4)20-11-14(3)30-25-20/h6-7,9-11H,1,8,12H2,2-5H3. The second-order valence-corrected chi connectivity index (χ2v) is 8.17. The molecule has 0 aliphatic carbocycles. The molecule has 0 saturated heterocycles. The van der Waals surface area contributed by atoms with Gasteiger partial charge in [-0.3, -0.25) is 13.9 Å². The minimum Gasteiger partial charge on any atom is -0.469 e. The second-order valence-electron chi connectivity index (χ2n) is 7.22. The van der Waals surface area contributed by atoms with Crippen molar-refractivity contribution < 1.29 is 13.7 Å². The number of carbonyl (C=O) groups excluding carboxylic acids is 1. The molecule has 0 bridgehead atoms. The fourth-order valence-electron chi connectivity index (χ4n) is 3.57. The van der Waals surface area contributed by atoms with Crippen LogP contribution in [0.2, 0.25) is 0 Å². The first-order valence-electron chi connectivity index (χ1n) is 9.78. The third kappa shape index (κ3) is 3.88. The summed E-state index contributed by atoms with van der Waals surface area (Å²) < 4.78 is 14.4. The summed E-state index contributed by atoms with van der Waals surface area (Å²) in [4.78, 5) is 13.0. The van der Waals surface area contributed by atoms with E-state index in [0.717, 1.165) is 28.5 Å². The van der Waals surface area contributed by atoms with Gasteiger partial charge in [0.15, 0.2) is 22.6 Å². The van der Waals surface area contributed by atoms with Crippen LogP contribution >= 0.6 is 11.8 Å². The van der Waals surface area contributed by atoms with E-state index in [1.807, 2.05) is 55.0 Å². The molecule has 0 N–H and O–H groups in total. The molecular formula is C22H23N5O3S. The van der Waals surface area contributed by atoms with Gasteiger partial charge in [0.1, 0.15) is 11.5 Å². The monoisotopic (exact) mass is 437 g/mol. The summed E-state index contributed by atoms with van der Waals surface area (Å²) >= 11 is 1.36. The van der Waals surface area contributed by atoms with Crippen molar-refractivity contribution in [1.29, 1.82) is 0 Å². The van der Waals surface area contributed by atoms with Crippen molar-refractivity contribution in [2.45, 2.75) is 39.4 Å². The number of carbonyl (C=O) groups is 1. The fourth-order valence-corrected chi connectivity index (χ4v) is 4.40. The van der Waals surface area contributed by atoms with Gasteiger partial charge in [-0.2, -0.15) is 0 Å². The van der Waals surface area contributed by atoms with Crippen molar-refractivity contribution >= 4 is 17.5 Å². The highest BCUT2D eigenvalue weighted by atomic mass is 32.2. The first-order chi connectivity index (χ1) is 14.9. The van der Waals surface area contributed by atoms with Crippen LogP contribution in [-0.4, -0.2) is 36.0 Å². The van der Waals surface area contributed by atoms with Gasteiger partial charge in [0, 0.05) is 29.6 Å². The number of ketones is 1. The van der Waals surface area contributed by atoms with Gasteiger partial charge in [-0.05, 0) is 39.8 Å². The summed E-state index contributed by atoms with van der Waals surface area (Å²) in [6, 6.07) is 5.59. The maximum atomic E-state index is 13.0. The van der Waals surface area contributed by atoms with Crippen LogP contribution in [-0.2, 0) is 6.54 Å². The van der Waals surface area contributed by atoms with E-state index in [-0.39, 0.29) is 11.5 Å². The average Bonchev–Trinajstić information content (AvgIpc) is 3.49. The van der Waals surface area contributed by atoms with Crippen molar-refractivity contribution in [2.24, 2.45) is 0 Å². The van der Waals surface area contributed by atoms with Crippen molar-refractivity contribution in [3.8, 4) is 17.2 Å². The van der Waals surface area contributed by atoms with Gasteiger partial charge in [-0.25, -0.2) is 0 Å². The Morgan fingerprint density at radius 1 is 1.23 bits per heavy atom. The summed E-state index contributed by atoms with van der Waals surface area (Å²) in [5.74, 6) is 3.10. The van der Waals surface area contributed by atoms with E-state index in [1.165, 1.54) is 11.8 Å². The molecule has 0 amide bonds. The van der Waals surface area contributed by atoms with Crippen LogP contribution in [0.25, 0.3) is 17.2 Å². The highest BCUT2D eigenvalue weighted by Crippen LogP contribution is 2.28. The van der Waals surface area contributed by atoms with Crippen molar-refractivity contribution in [3.63, 3.8) is 0 Å². The molecule has 8 nitrogen and oxygen atoms in total. The zero-order chi connectivity index (χ0) is 22.1. The van der Waals surface area contributed by atoms with Crippen LogP contribution in [0.3, 0.4) is 0 Å². The van der Waals surface area contributed by atoms with Crippen molar-refractivity contribution in [2.75, 3.05) is 5.75 Å². The number of aromatic nitrogens is 5. The molecule has 0 saturated carbocycles. The largest absolute Gasteiger partial charge is 0.469 e. The molecule has 4 aromatic heterocycles. The van der Waals surface area contributed by atoms with Crippen LogP contribution in [0.15, 0.2) is 51.2 Å². The number of hydrogen-bond donors (Lipinski definition) is 0. The Labute approximate surface area is 183 Å². The van der Waals surface area contributed by atoms with Crippen LogP contribution in [0, 0.1) is 27.7 Å². The van der Waals surface area contributed by atoms with E-state index >= 15 is 0 Å². The molecule has 160 valence electrons. The lowest BCUT2D eigenvalue weighted by atomic mass is 10.2. The lowest BCUT2D eigenvalue weighted by Gasteiger charge is -2.07. The number of aryl methyl sites for hydroxylation is 3. The second kappa shape index (κ2) is 8.43. The van der Waals surface area contributed by atoms with E-state index in [0.29, 0.717) is 28.9 Å². The molecule has 4 aromatic rings. The van der Waals surface area contributed by atoms with Gasteiger partial charge in [-0.1, -0.05) is 23.0 Å². The SMILES string of the molecule is C=CCn1c(SCC(=O)c2cc(C)n(-c3cc(C)on3)c2C)nnc1-c1ccoc1C. The van der Waals surface area contributed by atoms with Gasteiger partial charge in [0.05, 0.1) is 17.6 Å². The first-order valence-corrected chi connectivity index (χ1v) is 10.8. The third-order valence-electron chi connectivity index (χ3n) is 5.04. The maximum absolute atomic E-state index is 13.0. The summed E-state index contributed by atoms with van der Waals surface area (Å²) in [6.07, 6.45) is 3.40. The first kappa shape index (κ1) is 20.9. The van der Waals surface area contributed by atoms with Gasteiger partial charge in [0.2, 0.25) is 0 Å². The summed E-state index contributed by atoms with van der Waals surface area (Å²) in [5, 5.41) is 13.3. The van der Waals surface area contributed by atoms with Crippen LogP contribution in [0.5, 0.6) is 0 Å². The third-order valence-corrected chi connectivity index (χ3v) is 6.00. The molecule has 0 spiro atoms. The zero-order valence-electron chi connectivity index (χ0n) is 17.9. The van der Waals surface area contributed by atoms with E-state index in [1.54, 1.807) is 12.3 Å². The van der Waals surface area contributed by atoms with Gasteiger partial charge in [0.25, 0.3) is 0 Å². The zero-order valence-corrected chi connectivity index (χ0v) is 18.7. The Morgan fingerprint density at radius 3 is 2.68 bits per heavy atom. The fraction of sp³-hybridized carbons (Fsp3) is 0.273. The molecule has 0 radical (unpaired) electrons. The molecular weight excluding hydrogens is 414 g/mol. The van der Waals surface area contributed by atoms with Crippen molar-refractivity contribution in [3.05, 3.63) is 65.6 Å². The van der Waals surface area contributed by atoms with Crippen LogP contribution in [0.1, 0.15) is 33.3 Å². The highest BCUT2D eigenvalue weighted by Gasteiger charge is 2.21. The highest BCUT2D eigenvalue weighted by molar-refractivity contribution is 7.99. The molecule has 0 atom stereocenters. The molecule has 4 rings (SSSR count). The number of thioether (sulfide) groups is 1. The predicted octanol–water partition coefficient (Wildman–Crippen LogP) is 4.71. The number of furan rings is 1. The van der Waals surface area contributed by atoms with E-state index in [4.69, 9.17) is 8.94 Å². The lowest BCUT2D eigenvalue weighted by Crippen LogP contribution is -2.07. The Kier molecular flexibility index (Phi) is 5.69. The topological polar surface area (TPSA) is 91.9 Å². The smallest absolute Gasteiger partial charge is 0.192 e. The molecule has 0 unspecified atom stereocenters. The van der Waals surface area contributed by atoms with Crippen molar-refractivity contribution in [1.82, 2.24) is 24.5 Å². The number of hydrogen-bond acceptors (Lipinski definition) is 7. The van der Waals surface area contributed by atoms with E-state index in [2.05, 4.69) is 21.9 Å². The normalized spacial score (nSPS) is 11.2. The van der Waals surface area contributed by atoms with E-state index < -0.39 is 0 Å². The summed E-state index contributed by atoms with van der Waals surface area (Å²) in [6.45, 7) is 11.9. The number of allylic oxidation sites excluding steroid dienone is 1. The Hall–Kier alpha value is -3.33. The summed E-state index contributed by atoms with van der Waals surface area (Å²) in [5.41, 5.74) is 3.29. The predicted molar refractivity (Wildman–Crippen MR) is 118 cm³/mol. The molecule has 0 aromatic carbocycles. The molecule has 4 heterocycles. The Bertz CT molecular complexity index is 1260. The number of nitrogens with zero attached hydrogens (tertiary/aromatic N) is 5. The van der Waals surface area contributed by atoms with Crippen LogP contribution < -0.4 is 0 Å². The Morgan fingerprint density at radius 2 is 2.03 bits per heavy atom. The minimum absolute atomic E-state index is 0.0127. The van der Waals surface area contributed by atoms with Crippen LogP contribution in [0.4, 0.5) is 0 Å². The van der Waals surface area contributed by atoms with Gasteiger partial charge >= 0.3 is 0 Å². The number of rotatable bonds is 8. The maximum Gasteiger partial charge on any atom is 0.192 e. The molecule has 0 aliphatic heterocycles. The Balaban J connectivity index is 1.57. The molecule has 9 heteroatoms. The van der Waals surface area contributed by atoms with Gasteiger partial charge < -0.3 is 8.94 Å². The molecule has 0 fully saturated rings. The minimum atomic E-state index is 0.0127. The quantitative estimate of drug-likeness (QED) is 0.224. The lowest BCUT2D eigenvalue weighted by molar-refractivity contribution is 0.102. The average molecular weight is 438 g/mol.